The molecule has 6 fully saturated rings. The van der Waals surface area contributed by atoms with Gasteiger partial charge in [0.1, 0.15) is 23.8 Å². The van der Waals surface area contributed by atoms with Crippen LogP contribution >= 0.6 is 11.6 Å². The molecule has 5 saturated carbocycles. The van der Waals surface area contributed by atoms with Crippen molar-refractivity contribution in [1.29, 1.82) is 0 Å². The Morgan fingerprint density at radius 1 is 0.897 bits per heavy atom. The maximum atomic E-state index is 15.0. The number of esters is 1. The second-order valence-electron chi connectivity index (χ2n) is 18.2. The van der Waals surface area contributed by atoms with Gasteiger partial charge in [-0.05, 0) is 118 Å². The van der Waals surface area contributed by atoms with Gasteiger partial charge in [0.05, 0.1) is 24.1 Å². The van der Waals surface area contributed by atoms with E-state index in [0.29, 0.717) is 52.9 Å². The lowest BCUT2D eigenvalue weighted by molar-refractivity contribution is -0.156. The predicted molar refractivity (Wildman–Crippen MR) is 215 cm³/mol. The summed E-state index contributed by atoms with van der Waals surface area (Å²) in [5, 5.41) is 3.81. The highest BCUT2D eigenvalue weighted by Crippen LogP contribution is 2.49. The minimum atomic E-state index is -3.91. The molecule has 0 radical (unpaired) electrons. The fourth-order valence-corrected chi connectivity index (χ4v) is 12.2. The summed E-state index contributed by atoms with van der Waals surface area (Å²) in [4.78, 5) is 72.6. The molecule has 9 atom stereocenters. The van der Waals surface area contributed by atoms with Crippen molar-refractivity contribution in [1.82, 2.24) is 19.5 Å². The topological polar surface area (TPSA) is 170 Å². The van der Waals surface area contributed by atoms with E-state index in [1.54, 1.807) is 28.8 Å². The van der Waals surface area contributed by atoms with Gasteiger partial charge in [0.15, 0.2) is 5.88 Å². The number of aromatic nitrogens is 1. The Hall–Kier alpha value is -3.91. The zero-order valence-electron chi connectivity index (χ0n) is 32.7. The highest BCUT2D eigenvalue weighted by Gasteiger charge is 2.62. The highest BCUT2D eigenvalue weighted by atomic mass is 35.5. The lowest BCUT2D eigenvalue weighted by Gasteiger charge is -2.32. The van der Waals surface area contributed by atoms with Gasteiger partial charge in [-0.1, -0.05) is 30.5 Å². The summed E-state index contributed by atoms with van der Waals surface area (Å²) < 4.78 is 42.4. The van der Waals surface area contributed by atoms with Crippen molar-refractivity contribution in [2.45, 2.75) is 132 Å². The van der Waals surface area contributed by atoms with E-state index in [1.165, 1.54) is 11.0 Å². The minimum absolute atomic E-state index is 0.00744. The highest BCUT2D eigenvalue weighted by molar-refractivity contribution is 7.91. The van der Waals surface area contributed by atoms with E-state index in [-0.39, 0.29) is 61.2 Å². The van der Waals surface area contributed by atoms with Gasteiger partial charge in [0.2, 0.25) is 21.8 Å². The molecule has 3 heterocycles. The zero-order chi connectivity index (χ0) is 40.5. The molecule has 2 N–H and O–H groups in total. The molecule has 312 valence electrons. The van der Waals surface area contributed by atoms with Gasteiger partial charge >= 0.3 is 5.97 Å². The zero-order valence-corrected chi connectivity index (χ0v) is 34.3. The third kappa shape index (κ3) is 7.68. The van der Waals surface area contributed by atoms with Gasteiger partial charge in [0, 0.05) is 35.4 Å². The molecule has 1 saturated heterocycles. The molecule has 2 aliphatic heterocycles. The van der Waals surface area contributed by atoms with Gasteiger partial charge in [-0.15, -0.1) is 6.58 Å². The van der Waals surface area contributed by atoms with Gasteiger partial charge in [-0.2, -0.15) is 0 Å². The van der Waals surface area contributed by atoms with Crippen LogP contribution in [0.4, 0.5) is 0 Å². The molecule has 0 spiro atoms. The molecular formula is C43H53ClN4O9S. The SMILES string of the molecule is C=C[C@@H]1C[C@]1(NC(=O)[C@@H]1C[C@@H]2CN1C(=O)[C@H](C1CCCC1)CC(=O)O[C@@H]1CCC[C@H]1CC1CC1CCn1c(cc3cc(Cl)ccc3c1=O)O2)C(=O)NS(=O)(=O)C1CC1. The molecule has 15 heteroatoms. The van der Waals surface area contributed by atoms with Crippen LogP contribution in [0.3, 0.4) is 0 Å². The first-order valence-corrected chi connectivity index (χ1v) is 23.3. The average molecular weight is 837 g/mol. The number of halogens is 1. The number of hydrogen-bond donors (Lipinski definition) is 2. The standard InChI is InChI=1S/C43H53ClN4O9S/c1-2-29-22-43(29,42(53)46-58(54,55)32-11-12-32)45-39(50)35-20-31-23-48(35)41(52)34(24-6-3-4-7-24)21-38(49)57-36-9-5-8-26(36)17-27-16-25(27)14-15-47-37(56-31)19-28-18-30(44)10-13-33(28)40(47)51/h2,10,13,18-19,24-27,29,31-32,34-36H,1,3-9,11-12,14-17,20-23H2,(H,45,50)(H,46,53)/t25?,26-,27?,29+,31+,34-,35-,36+,43+/m0/s1. The molecule has 13 nitrogen and oxygen atoms in total. The van der Waals surface area contributed by atoms with Crippen LogP contribution in [0.1, 0.15) is 96.3 Å². The normalized spacial score (nSPS) is 34.1. The number of ether oxygens (including phenoxy) is 2. The molecule has 2 aromatic rings. The van der Waals surface area contributed by atoms with Crippen LogP contribution in [0, 0.1) is 35.5 Å². The van der Waals surface area contributed by atoms with Crippen LogP contribution in [0.25, 0.3) is 10.8 Å². The number of rotatable bonds is 7. The van der Waals surface area contributed by atoms with Gasteiger partial charge in [0.25, 0.3) is 11.5 Å². The Morgan fingerprint density at radius 3 is 2.40 bits per heavy atom. The first-order chi connectivity index (χ1) is 27.8. The van der Waals surface area contributed by atoms with E-state index in [9.17, 15) is 32.4 Å². The number of amides is 3. The number of pyridine rings is 1. The summed E-state index contributed by atoms with van der Waals surface area (Å²) in [5.74, 6) is -2.02. The maximum Gasteiger partial charge on any atom is 0.306 e. The van der Waals surface area contributed by atoms with Crippen LogP contribution in [-0.4, -0.2) is 77.2 Å². The van der Waals surface area contributed by atoms with Crippen LogP contribution < -0.4 is 20.3 Å². The molecule has 5 aliphatic carbocycles. The molecule has 7 aliphatic rings. The number of nitrogens with one attached hydrogen (secondary N) is 2. The lowest BCUT2D eigenvalue weighted by Crippen LogP contribution is -2.57. The fourth-order valence-electron chi connectivity index (χ4n) is 10.7. The van der Waals surface area contributed by atoms with Crippen molar-refractivity contribution in [2.24, 2.45) is 35.5 Å². The van der Waals surface area contributed by atoms with E-state index in [1.807, 2.05) is 0 Å². The van der Waals surface area contributed by atoms with E-state index >= 15 is 0 Å². The molecular weight excluding hydrogens is 784 g/mol. The number of hydrogen-bond acceptors (Lipinski definition) is 9. The van der Waals surface area contributed by atoms with Gasteiger partial charge < -0.3 is 19.7 Å². The summed E-state index contributed by atoms with van der Waals surface area (Å²) >= 11 is 6.38. The largest absolute Gasteiger partial charge is 0.473 e. The summed E-state index contributed by atoms with van der Waals surface area (Å²) in [6, 6.07) is 5.81. The van der Waals surface area contributed by atoms with E-state index in [2.05, 4.69) is 16.6 Å². The molecule has 2 unspecified atom stereocenters. The first-order valence-electron chi connectivity index (χ1n) is 21.3. The Kier molecular flexibility index (Phi) is 10.4. The van der Waals surface area contributed by atoms with Crippen molar-refractivity contribution < 1.29 is 37.1 Å². The number of carbonyl (C=O) groups excluding carboxylic acids is 4. The Morgan fingerprint density at radius 2 is 1.66 bits per heavy atom. The molecule has 1 aromatic heterocycles. The average Bonchev–Trinajstić information content (AvgIpc) is 4.13. The van der Waals surface area contributed by atoms with Crippen molar-refractivity contribution >= 4 is 56.1 Å². The van der Waals surface area contributed by atoms with Gasteiger partial charge in [-0.3, -0.25) is 33.3 Å². The monoisotopic (exact) mass is 836 g/mol. The first kappa shape index (κ1) is 39.5. The number of fused-ring (bicyclic) bond motifs is 6. The second-order valence-corrected chi connectivity index (χ2v) is 20.6. The van der Waals surface area contributed by atoms with Crippen LogP contribution in [0.5, 0.6) is 5.88 Å². The smallest absolute Gasteiger partial charge is 0.306 e. The lowest BCUT2D eigenvalue weighted by atomic mass is 9.86. The van der Waals surface area contributed by atoms with E-state index < -0.39 is 56.6 Å². The summed E-state index contributed by atoms with van der Waals surface area (Å²) in [6.45, 7) is 4.23. The second kappa shape index (κ2) is 15.3. The van der Waals surface area contributed by atoms with Crippen LogP contribution in [0.2, 0.25) is 5.02 Å². The maximum absolute atomic E-state index is 15.0. The van der Waals surface area contributed by atoms with Crippen molar-refractivity contribution in [3.05, 3.63) is 52.3 Å². The predicted octanol–water partition coefficient (Wildman–Crippen LogP) is 5.01. The van der Waals surface area contributed by atoms with Crippen molar-refractivity contribution in [3.8, 4) is 5.88 Å². The van der Waals surface area contributed by atoms with Crippen molar-refractivity contribution in [3.63, 3.8) is 0 Å². The molecule has 2 bridgehead atoms. The number of sulfonamides is 1. The fraction of sp³-hybridized carbons (Fsp3) is 0.651. The third-order valence-electron chi connectivity index (χ3n) is 14.4. The molecule has 9 rings (SSSR count). The van der Waals surface area contributed by atoms with Crippen LogP contribution in [-0.2, 0) is 40.5 Å². The molecule has 1 aromatic carbocycles. The van der Waals surface area contributed by atoms with Gasteiger partial charge in [-0.25, -0.2) is 8.42 Å². The molecule has 58 heavy (non-hydrogen) atoms. The number of benzene rings is 1. The van der Waals surface area contributed by atoms with Crippen LogP contribution in [0.15, 0.2) is 41.7 Å². The van der Waals surface area contributed by atoms with Crippen molar-refractivity contribution in [2.75, 3.05) is 6.54 Å². The number of carbonyl (C=O) groups is 4. The minimum Gasteiger partial charge on any atom is -0.473 e. The molecule has 3 amide bonds. The van der Waals surface area contributed by atoms with E-state index in [0.717, 1.165) is 64.2 Å². The summed E-state index contributed by atoms with van der Waals surface area (Å²) in [5.41, 5.74) is -1.76. The summed E-state index contributed by atoms with van der Waals surface area (Å²) in [7, 11) is -3.91. The third-order valence-corrected chi connectivity index (χ3v) is 16.4. The Bertz CT molecular complexity index is 2200. The Balaban J connectivity index is 1.07. The summed E-state index contributed by atoms with van der Waals surface area (Å²) in [6.07, 6.45) is 10.6. The number of nitrogens with zero attached hydrogens (tertiary/aromatic N) is 2. The quantitative estimate of drug-likeness (QED) is 0.288. The van der Waals surface area contributed by atoms with E-state index in [4.69, 9.17) is 21.1 Å². The Labute approximate surface area is 343 Å².